The number of rotatable bonds is 4. The second-order valence-corrected chi connectivity index (χ2v) is 4.91. The highest BCUT2D eigenvalue weighted by atomic mass is 32.1. The molecule has 0 amide bonds. The molecule has 2 heterocycles. The SMILES string of the molecule is Cc1csc(-c2c[n+](CCC(=O)O)ns2)n1. The zero-order valence-electron chi connectivity index (χ0n) is 8.58. The van der Waals surface area contributed by atoms with Crippen LogP contribution >= 0.6 is 22.9 Å². The smallest absolute Gasteiger partial charge is 0.309 e. The van der Waals surface area contributed by atoms with Crippen molar-refractivity contribution in [3.05, 3.63) is 17.3 Å². The number of carboxylic acid groups (broad SMARTS) is 1. The minimum absolute atomic E-state index is 0.0880. The maximum absolute atomic E-state index is 10.4. The van der Waals surface area contributed by atoms with Gasteiger partial charge in [0.05, 0.1) is 4.49 Å². The van der Waals surface area contributed by atoms with Gasteiger partial charge < -0.3 is 5.11 Å². The van der Waals surface area contributed by atoms with E-state index >= 15 is 0 Å². The van der Waals surface area contributed by atoms with Gasteiger partial charge in [-0.15, -0.1) is 11.3 Å². The third kappa shape index (κ3) is 2.61. The lowest BCUT2D eigenvalue weighted by molar-refractivity contribution is -0.745. The quantitative estimate of drug-likeness (QED) is 0.838. The van der Waals surface area contributed by atoms with E-state index in [9.17, 15) is 4.79 Å². The van der Waals surface area contributed by atoms with Crippen LogP contribution in [0, 0.1) is 6.92 Å². The van der Waals surface area contributed by atoms with Crippen LogP contribution < -0.4 is 4.68 Å². The van der Waals surface area contributed by atoms with Gasteiger partial charge in [0.25, 0.3) is 0 Å². The molecular formula is C9H10N3O2S2+. The number of nitrogens with zero attached hydrogens (tertiary/aromatic N) is 3. The highest BCUT2D eigenvalue weighted by Crippen LogP contribution is 2.24. The monoisotopic (exact) mass is 256 g/mol. The van der Waals surface area contributed by atoms with Crippen LogP contribution in [0.2, 0.25) is 0 Å². The maximum Gasteiger partial charge on any atom is 0.309 e. The van der Waals surface area contributed by atoms with Crippen LogP contribution in [0.1, 0.15) is 12.1 Å². The molecule has 0 aromatic carbocycles. The molecule has 7 heteroatoms. The van der Waals surface area contributed by atoms with E-state index < -0.39 is 5.97 Å². The summed E-state index contributed by atoms with van der Waals surface area (Å²) in [6, 6.07) is 0. The fourth-order valence-corrected chi connectivity index (χ4v) is 2.73. The highest BCUT2D eigenvalue weighted by Gasteiger charge is 2.14. The van der Waals surface area contributed by atoms with E-state index in [1.165, 1.54) is 11.5 Å². The van der Waals surface area contributed by atoms with E-state index in [1.54, 1.807) is 16.0 Å². The van der Waals surface area contributed by atoms with Gasteiger partial charge in [0, 0.05) is 22.6 Å². The molecule has 0 aliphatic rings. The third-order valence-electron chi connectivity index (χ3n) is 1.89. The summed E-state index contributed by atoms with van der Waals surface area (Å²) in [7, 11) is 0. The Bertz CT molecular complexity index is 506. The van der Waals surface area contributed by atoms with Gasteiger partial charge in [-0.2, -0.15) is 0 Å². The van der Waals surface area contributed by atoms with E-state index in [4.69, 9.17) is 5.11 Å². The van der Waals surface area contributed by atoms with Crippen molar-refractivity contribution in [1.29, 1.82) is 0 Å². The summed E-state index contributed by atoms with van der Waals surface area (Å²) in [6.45, 7) is 2.34. The average molecular weight is 256 g/mol. The van der Waals surface area contributed by atoms with Crippen LogP contribution in [0.3, 0.4) is 0 Å². The summed E-state index contributed by atoms with van der Waals surface area (Å²) in [4.78, 5) is 15.7. The lowest BCUT2D eigenvalue weighted by atomic mass is 10.4. The molecule has 16 heavy (non-hydrogen) atoms. The minimum Gasteiger partial charge on any atom is -0.481 e. The van der Waals surface area contributed by atoms with E-state index in [2.05, 4.69) is 9.47 Å². The molecule has 0 unspecified atom stereocenters. The molecule has 0 atom stereocenters. The Labute approximate surface area is 100 Å². The van der Waals surface area contributed by atoms with Crippen molar-refractivity contribution in [3.63, 3.8) is 0 Å². The third-order valence-corrected chi connectivity index (χ3v) is 3.80. The summed E-state index contributed by atoms with van der Waals surface area (Å²) in [5.74, 6) is -0.813. The molecule has 0 saturated carbocycles. The van der Waals surface area contributed by atoms with Crippen molar-refractivity contribution in [3.8, 4) is 9.88 Å². The zero-order valence-corrected chi connectivity index (χ0v) is 10.2. The number of hydrogen-bond donors (Lipinski definition) is 1. The summed E-state index contributed by atoms with van der Waals surface area (Å²) in [5, 5.41) is 11.5. The molecule has 0 aliphatic heterocycles. The largest absolute Gasteiger partial charge is 0.481 e. The Morgan fingerprint density at radius 2 is 2.44 bits per heavy atom. The molecule has 2 aromatic heterocycles. The molecule has 5 nitrogen and oxygen atoms in total. The number of aliphatic carboxylic acids is 1. The van der Waals surface area contributed by atoms with Crippen LogP contribution in [-0.4, -0.2) is 20.5 Å². The first-order valence-electron chi connectivity index (χ1n) is 4.66. The number of thiazole rings is 1. The zero-order chi connectivity index (χ0) is 11.5. The fraction of sp³-hybridized carbons (Fsp3) is 0.333. The number of carbonyl (C=O) groups is 1. The summed E-state index contributed by atoms with van der Waals surface area (Å²) in [6.07, 6.45) is 1.93. The van der Waals surface area contributed by atoms with E-state index in [0.29, 0.717) is 6.54 Å². The Kier molecular flexibility index (Phi) is 3.25. The predicted molar refractivity (Wildman–Crippen MR) is 60.4 cm³/mol. The Morgan fingerprint density at radius 1 is 1.62 bits per heavy atom. The Morgan fingerprint density at radius 3 is 3.06 bits per heavy atom. The van der Waals surface area contributed by atoms with Crippen molar-refractivity contribution in [2.24, 2.45) is 0 Å². The molecular weight excluding hydrogens is 246 g/mol. The molecule has 0 aliphatic carbocycles. The number of hydrogen-bond acceptors (Lipinski definition) is 5. The topological polar surface area (TPSA) is 67.0 Å². The second kappa shape index (κ2) is 4.67. The van der Waals surface area contributed by atoms with Crippen molar-refractivity contribution in [1.82, 2.24) is 9.47 Å². The highest BCUT2D eigenvalue weighted by molar-refractivity contribution is 7.18. The fourth-order valence-electron chi connectivity index (χ4n) is 1.16. The molecule has 0 bridgehead atoms. The molecule has 2 aromatic rings. The van der Waals surface area contributed by atoms with Gasteiger partial charge in [-0.3, -0.25) is 4.79 Å². The average Bonchev–Trinajstić information content (AvgIpc) is 2.83. The lowest BCUT2D eigenvalue weighted by Crippen LogP contribution is -2.35. The lowest BCUT2D eigenvalue weighted by Gasteiger charge is -1.84. The summed E-state index contributed by atoms with van der Waals surface area (Å²) in [5.41, 5.74) is 0.991. The van der Waals surface area contributed by atoms with Gasteiger partial charge in [0.1, 0.15) is 11.4 Å². The molecule has 2 rings (SSSR count). The van der Waals surface area contributed by atoms with Gasteiger partial charge in [-0.25, -0.2) is 4.98 Å². The predicted octanol–water partition coefficient (Wildman–Crippen LogP) is 1.34. The van der Waals surface area contributed by atoms with Gasteiger partial charge in [0.15, 0.2) is 11.4 Å². The molecule has 0 saturated heterocycles. The van der Waals surface area contributed by atoms with Crippen molar-refractivity contribution in [2.45, 2.75) is 19.9 Å². The molecule has 0 radical (unpaired) electrons. The van der Waals surface area contributed by atoms with Gasteiger partial charge in [-0.05, 0) is 6.92 Å². The maximum atomic E-state index is 10.4. The Balaban J connectivity index is 2.10. The molecule has 1 N–H and O–H groups in total. The first-order valence-corrected chi connectivity index (χ1v) is 6.31. The Hall–Kier alpha value is -1.34. The number of carboxylic acids is 1. The van der Waals surface area contributed by atoms with Gasteiger partial charge in [0.2, 0.25) is 6.20 Å². The van der Waals surface area contributed by atoms with E-state index in [0.717, 1.165) is 15.6 Å². The molecule has 84 valence electrons. The first kappa shape index (κ1) is 11.2. The van der Waals surface area contributed by atoms with Crippen molar-refractivity contribution in [2.75, 3.05) is 0 Å². The number of aromatic nitrogens is 3. The second-order valence-electron chi connectivity index (χ2n) is 3.27. The van der Waals surface area contributed by atoms with E-state index in [-0.39, 0.29) is 6.42 Å². The first-order chi connectivity index (χ1) is 7.65. The molecule has 0 spiro atoms. The van der Waals surface area contributed by atoms with Crippen LogP contribution in [0.15, 0.2) is 11.6 Å². The normalized spacial score (nSPS) is 10.6. The van der Waals surface area contributed by atoms with Gasteiger partial charge >= 0.3 is 5.97 Å². The number of aryl methyl sites for hydroxylation is 2. The van der Waals surface area contributed by atoms with Crippen molar-refractivity contribution >= 4 is 28.8 Å². The van der Waals surface area contributed by atoms with Gasteiger partial charge in [-0.1, -0.05) is 4.68 Å². The van der Waals surface area contributed by atoms with Crippen molar-refractivity contribution < 1.29 is 14.6 Å². The van der Waals surface area contributed by atoms with Crippen LogP contribution in [-0.2, 0) is 11.3 Å². The minimum atomic E-state index is -0.813. The van der Waals surface area contributed by atoms with E-state index in [1.807, 2.05) is 18.5 Å². The van der Waals surface area contributed by atoms with Crippen LogP contribution in [0.25, 0.3) is 9.88 Å². The summed E-state index contributed by atoms with van der Waals surface area (Å²) < 4.78 is 5.78. The molecule has 0 fully saturated rings. The van der Waals surface area contributed by atoms with Crippen LogP contribution in [0.4, 0.5) is 0 Å². The summed E-state index contributed by atoms with van der Waals surface area (Å²) >= 11 is 2.91. The van der Waals surface area contributed by atoms with Crippen LogP contribution in [0.5, 0.6) is 0 Å². The standard InChI is InChI=1S/C9H9N3O2S2/c1-6-5-15-9(10-6)7-4-12(11-16-7)3-2-8(13)14/h4-5H,2-3H2,1H3/p+1.